The number of nitrogens with zero attached hydrogens (tertiary/aromatic N) is 1. The van der Waals surface area contributed by atoms with Crippen LogP contribution in [0.4, 0.5) is 4.79 Å². The SMILES string of the molecule is O=C(O)CCC(NC(=O)OCC1c2ccccc2-c2ccccc21)C(=O)N1CCOC(CO)C1. The number of aliphatic carboxylic acids is 1. The second-order valence-corrected chi connectivity index (χ2v) is 8.41. The molecule has 1 aliphatic carbocycles. The fraction of sp³-hybridized carbons (Fsp3) is 0.400. The lowest BCUT2D eigenvalue weighted by Crippen LogP contribution is -2.54. The number of carbonyl (C=O) groups excluding carboxylic acids is 2. The normalized spacial score (nSPS) is 18.0. The molecule has 2 atom stereocenters. The Kier molecular flexibility index (Phi) is 7.44. The van der Waals surface area contributed by atoms with Crippen molar-refractivity contribution in [1.82, 2.24) is 10.2 Å². The zero-order valence-corrected chi connectivity index (χ0v) is 18.7. The molecule has 2 aromatic rings. The van der Waals surface area contributed by atoms with Crippen molar-refractivity contribution in [1.29, 1.82) is 0 Å². The highest BCUT2D eigenvalue weighted by atomic mass is 16.5. The molecule has 2 amide bonds. The number of nitrogens with one attached hydrogen (secondary N) is 1. The molecule has 9 heteroatoms. The van der Waals surface area contributed by atoms with E-state index in [0.717, 1.165) is 22.3 Å². The van der Waals surface area contributed by atoms with E-state index in [1.807, 2.05) is 48.5 Å². The highest BCUT2D eigenvalue weighted by Gasteiger charge is 2.32. The minimum Gasteiger partial charge on any atom is -0.481 e. The van der Waals surface area contributed by atoms with Gasteiger partial charge < -0.3 is 29.9 Å². The number of ether oxygens (including phenoxy) is 2. The number of aliphatic hydroxyl groups excluding tert-OH is 1. The molecule has 1 fully saturated rings. The topological polar surface area (TPSA) is 125 Å². The smallest absolute Gasteiger partial charge is 0.407 e. The number of aliphatic hydroxyl groups is 1. The fourth-order valence-electron chi connectivity index (χ4n) is 4.56. The van der Waals surface area contributed by atoms with Crippen LogP contribution in [0.15, 0.2) is 48.5 Å². The van der Waals surface area contributed by atoms with Crippen LogP contribution in [-0.2, 0) is 19.1 Å². The Morgan fingerprint density at radius 1 is 1.09 bits per heavy atom. The van der Waals surface area contributed by atoms with Crippen LogP contribution in [0.3, 0.4) is 0 Å². The predicted molar refractivity (Wildman–Crippen MR) is 122 cm³/mol. The van der Waals surface area contributed by atoms with Crippen molar-refractivity contribution in [3.8, 4) is 11.1 Å². The summed E-state index contributed by atoms with van der Waals surface area (Å²) in [6, 6.07) is 14.9. The molecule has 1 aliphatic heterocycles. The molecular formula is C25H28N2O7. The molecule has 0 saturated carbocycles. The Labute approximate surface area is 197 Å². The predicted octanol–water partition coefficient (Wildman–Crippen LogP) is 1.98. The number of fused-ring (bicyclic) bond motifs is 3. The molecule has 180 valence electrons. The van der Waals surface area contributed by atoms with Crippen LogP contribution in [-0.4, -0.2) is 78.1 Å². The minimum atomic E-state index is -1.07. The van der Waals surface area contributed by atoms with Gasteiger partial charge in [0.15, 0.2) is 0 Å². The van der Waals surface area contributed by atoms with E-state index in [1.165, 1.54) is 4.90 Å². The summed E-state index contributed by atoms with van der Waals surface area (Å²) in [6.45, 7) is 0.581. The summed E-state index contributed by atoms with van der Waals surface area (Å²) in [4.78, 5) is 38.3. The van der Waals surface area contributed by atoms with Crippen molar-refractivity contribution in [2.75, 3.05) is 32.9 Å². The summed E-state index contributed by atoms with van der Waals surface area (Å²) in [5.74, 6) is -1.62. The quantitative estimate of drug-likeness (QED) is 0.541. The van der Waals surface area contributed by atoms with Crippen molar-refractivity contribution in [2.24, 2.45) is 0 Å². The third-order valence-corrected chi connectivity index (χ3v) is 6.23. The van der Waals surface area contributed by atoms with E-state index in [-0.39, 0.29) is 45.1 Å². The number of carbonyl (C=O) groups is 3. The second-order valence-electron chi connectivity index (χ2n) is 8.41. The summed E-state index contributed by atoms with van der Waals surface area (Å²) < 4.78 is 10.9. The molecule has 0 bridgehead atoms. The zero-order chi connectivity index (χ0) is 24.1. The summed E-state index contributed by atoms with van der Waals surface area (Å²) in [7, 11) is 0. The van der Waals surface area contributed by atoms with Crippen LogP contribution in [0.25, 0.3) is 11.1 Å². The highest BCUT2D eigenvalue weighted by molar-refractivity contribution is 5.86. The van der Waals surface area contributed by atoms with E-state index in [1.54, 1.807) is 0 Å². The van der Waals surface area contributed by atoms with Gasteiger partial charge in [0, 0.05) is 25.4 Å². The highest BCUT2D eigenvalue weighted by Crippen LogP contribution is 2.44. The lowest BCUT2D eigenvalue weighted by atomic mass is 9.98. The molecule has 1 saturated heterocycles. The molecule has 0 spiro atoms. The van der Waals surface area contributed by atoms with Crippen molar-refractivity contribution >= 4 is 18.0 Å². The van der Waals surface area contributed by atoms with Crippen molar-refractivity contribution in [2.45, 2.75) is 30.9 Å². The Morgan fingerprint density at radius 3 is 2.35 bits per heavy atom. The van der Waals surface area contributed by atoms with Gasteiger partial charge in [0.2, 0.25) is 5.91 Å². The number of morpholine rings is 1. The Balaban J connectivity index is 1.42. The number of hydrogen-bond acceptors (Lipinski definition) is 6. The molecule has 2 aliphatic rings. The summed E-state index contributed by atoms with van der Waals surface area (Å²) in [5.41, 5.74) is 4.34. The lowest BCUT2D eigenvalue weighted by molar-refractivity contribution is -0.143. The average molecular weight is 469 g/mol. The maximum absolute atomic E-state index is 13.0. The van der Waals surface area contributed by atoms with Crippen molar-refractivity contribution in [3.63, 3.8) is 0 Å². The molecule has 0 radical (unpaired) electrons. The van der Waals surface area contributed by atoms with Crippen LogP contribution in [0, 0.1) is 0 Å². The molecule has 4 rings (SSSR count). The number of hydrogen-bond donors (Lipinski definition) is 3. The van der Waals surface area contributed by atoms with E-state index in [2.05, 4.69) is 5.32 Å². The number of alkyl carbamates (subject to hydrolysis) is 1. The fourth-order valence-corrected chi connectivity index (χ4v) is 4.56. The molecular weight excluding hydrogens is 440 g/mol. The first kappa shape index (κ1) is 23.7. The molecule has 2 aromatic carbocycles. The first-order chi connectivity index (χ1) is 16.5. The van der Waals surface area contributed by atoms with Crippen LogP contribution in [0.2, 0.25) is 0 Å². The number of carboxylic acid groups (broad SMARTS) is 1. The van der Waals surface area contributed by atoms with Gasteiger partial charge in [-0.05, 0) is 28.7 Å². The zero-order valence-electron chi connectivity index (χ0n) is 18.7. The van der Waals surface area contributed by atoms with E-state index in [0.29, 0.717) is 6.54 Å². The van der Waals surface area contributed by atoms with Crippen molar-refractivity contribution < 1.29 is 34.1 Å². The first-order valence-corrected chi connectivity index (χ1v) is 11.3. The Bertz CT molecular complexity index is 1010. The summed E-state index contributed by atoms with van der Waals surface area (Å²) in [5, 5.41) is 21.0. The van der Waals surface area contributed by atoms with Gasteiger partial charge in [-0.1, -0.05) is 48.5 Å². The lowest BCUT2D eigenvalue weighted by Gasteiger charge is -2.34. The first-order valence-electron chi connectivity index (χ1n) is 11.3. The number of carboxylic acids is 1. The van der Waals surface area contributed by atoms with E-state index in [4.69, 9.17) is 14.6 Å². The van der Waals surface area contributed by atoms with Gasteiger partial charge in [0.05, 0.1) is 19.3 Å². The monoisotopic (exact) mass is 468 g/mol. The van der Waals surface area contributed by atoms with Crippen molar-refractivity contribution in [3.05, 3.63) is 59.7 Å². The third kappa shape index (κ3) is 5.21. The maximum Gasteiger partial charge on any atom is 0.407 e. The molecule has 2 unspecified atom stereocenters. The second kappa shape index (κ2) is 10.7. The third-order valence-electron chi connectivity index (χ3n) is 6.23. The Hall–Kier alpha value is -3.43. The Morgan fingerprint density at radius 2 is 1.74 bits per heavy atom. The molecule has 0 aromatic heterocycles. The standard InChI is InChI=1S/C25H28N2O7/c28-14-16-13-27(11-12-33-16)24(31)22(9-10-23(29)30)26-25(32)34-15-21-19-7-3-1-5-17(19)18-6-2-4-8-20(18)21/h1-8,16,21-22,28H,9-15H2,(H,26,32)(H,29,30). The minimum absolute atomic E-state index is 0.0699. The maximum atomic E-state index is 13.0. The summed E-state index contributed by atoms with van der Waals surface area (Å²) in [6.07, 6.45) is -1.64. The number of amides is 2. The van der Waals surface area contributed by atoms with Gasteiger partial charge in [-0.2, -0.15) is 0 Å². The molecule has 3 N–H and O–H groups in total. The van der Waals surface area contributed by atoms with E-state index < -0.39 is 30.1 Å². The van der Waals surface area contributed by atoms with Gasteiger partial charge in [-0.15, -0.1) is 0 Å². The molecule has 9 nitrogen and oxygen atoms in total. The van der Waals surface area contributed by atoms with Gasteiger partial charge >= 0.3 is 12.1 Å². The van der Waals surface area contributed by atoms with Crippen LogP contribution in [0.5, 0.6) is 0 Å². The van der Waals surface area contributed by atoms with E-state index in [9.17, 15) is 19.5 Å². The van der Waals surface area contributed by atoms with Gasteiger partial charge in [0.25, 0.3) is 0 Å². The average Bonchev–Trinajstić information content (AvgIpc) is 3.18. The molecule has 1 heterocycles. The van der Waals surface area contributed by atoms with Gasteiger partial charge in [-0.25, -0.2) is 4.79 Å². The molecule has 34 heavy (non-hydrogen) atoms. The number of rotatable bonds is 8. The van der Waals surface area contributed by atoms with Crippen LogP contribution < -0.4 is 5.32 Å². The number of benzene rings is 2. The van der Waals surface area contributed by atoms with E-state index >= 15 is 0 Å². The van der Waals surface area contributed by atoms with Crippen LogP contribution in [0.1, 0.15) is 29.9 Å². The van der Waals surface area contributed by atoms with Gasteiger partial charge in [-0.3, -0.25) is 9.59 Å². The van der Waals surface area contributed by atoms with Gasteiger partial charge in [0.1, 0.15) is 12.6 Å². The largest absolute Gasteiger partial charge is 0.481 e. The summed E-state index contributed by atoms with van der Waals surface area (Å²) >= 11 is 0. The van der Waals surface area contributed by atoms with Crippen LogP contribution >= 0.6 is 0 Å².